The fourth-order valence-corrected chi connectivity index (χ4v) is 1.01. The van der Waals surface area contributed by atoms with E-state index < -0.39 is 12.1 Å². The second kappa shape index (κ2) is 3.74. The van der Waals surface area contributed by atoms with Crippen LogP contribution in [0.15, 0.2) is 6.20 Å². The van der Waals surface area contributed by atoms with Crippen molar-refractivity contribution in [3.8, 4) is 0 Å². The Morgan fingerprint density at radius 2 is 2.54 bits per heavy atom. The van der Waals surface area contributed by atoms with Gasteiger partial charge in [0.05, 0.1) is 6.20 Å². The quantitative estimate of drug-likeness (QED) is 0.804. The summed E-state index contributed by atoms with van der Waals surface area (Å²) in [5.74, 6) is -1.17. The molecule has 0 spiro atoms. The van der Waals surface area contributed by atoms with Crippen molar-refractivity contribution in [1.82, 2.24) is 9.55 Å². The lowest BCUT2D eigenvalue weighted by Gasteiger charge is -2.03. The van der Waals surface area contributed by atoms with Crippen molar-refractivity contribution in [3.63, 3.8) is 0 Å². The van der Waals surface area contributed by atoms with Crippen molar-refractivity contribution in [3.05, 3.63) is 17.2 Å². The van der Waals surface area contributed by atoms with Crippen LogP contribution in [0.3, 0.4) is 0 Å². The first kappa shape index (κ1) is 9.98. The topological polar surface area (TPSA) is 55.1 Å². The summed E-state index contributed by atoms with van der Waals surface area (Å²) < 4.78 is 14.1. The first-order chi connectivity index (χ1) is 6.02. The van der Waals surface area contributed by atoms with Gasteiger partial charge in [0.15, 0.2) is 0 Å². The number of hydrogen-bond acceptors (Lipinski definition) is 2. The number of imidazole rings is 1. The lowest BCUT2D eigenvalue weighted by molar-refractivity contribution is -0.142. The molecule has 0 amide bonds. The summed E-state index contributed by atoms with van der Waals surface area (Å²) in [6.07, 6.45) is -0.846. The Balaban J connectivity index is 2.74. The summed E-state index contributed by atoms with van der Waals surface area (Å²) in [5.41, 5.74) is 0. The van der Waals surface area contributed by atoms with Crippen molar-refractivity contribution in [2.24, 2.45) is 7.05 Å². The minimum atomic E-state index is -1.93. The molecule has 0 aliphatic rings. The summed E-state index contributed by atoms with van der Waals surface area (Å²) in [6.45, 7) is 0. The number of halogens is 2. The van der Waals surface area contributed by atoms with Crippen LogP contribution in [0.1, 0.15) is 5.82 Å². The maximum Gasteiger partial charge on any atom is 0.338 e. The van der Waals surface area contributed by atoms with Crippen LogP contribution in [0.25, 0.3) is 0 Å². The Hall–Kier alpha value is -1.10. The van der Waals surface area contributed by atoms with E-state index in [1.165, 1.54) is 10.8 Å². The van der Waals surface area contributed by atoms with Gasteiger partial charge in [-0.15, -0.1) is 0 Å². The fraction of sp³-hybridized carbons (Fsp3) is 0.429. The van der Waals surface area contributed by atoms with Gasteiger partial charge in [-0.25, -0.2) is 14.2 Å². The molecule has 0 aliphatic heterocycles. The summed E-state index contributed by atoms with van der Waals surface area (Å²) in [6, 6.07) is 0. The zero-order valence-electron chi connectivity index (χ0n) is 6.87. The molecule has 0 bridgehead atoms. The molecule has 1 aromatic heterocycles. The third-order valence-corrected chi connectivity index (χ3v) is 2.01. The Labute approximate surface area is 79.0 Å². The number of carboxylic acids is 1. The van der Waals surface area contributed by atoms with Crippen LogP contribution in [0.2, 0.25) is 5.15 Å². The minimum Gasteiger partial charge on any atom is -0.479 e. The lowest BCUT2D eigenvalue weighted by Crippen LogP contribution is -2.19. The Kier molecular flexibility index (Phi) is 2.87. The number of alkyl halides is 1. The molecule has 1 rings (SSSR count). The molecular formula is C7H8ClFN2O2. The maximum absolute atomic E-state index is 12.7. The van der Waals surface area contributed by atoms with E-state index in [0.29, 0.717) is 11.0 Å². The van der Waals surface area contributed by atoms with Crippen LogP contribution in [-0.4, -0.2) is 26.8 Å². The molecule has 72 valence electrons. The van der Waals surface area contributed by atoms with Crippen LogP contribution in [-0.2, 0) is 18.3 Å². The molecule has 0 aromatic carbocycles. The molecule has 1 aromatic rings. The molecule has 1 atom stereocenters. The van der Waals surface area contributed by atoms with Crippen LogP contribution >= 0.6 is 11.6 Å². The zero-order valence-corrected chi connectivity index (χ0v) is 7.62. The monoisotopic (exact) mass is 206 g/mol. The van der Waals surface area contributed by atoms with E-state index in [9.17, 15) is 9.18 Å². The molecule has 4 nitrogen and oxygen atoms in total. The number of aliphatic carboxylic acids is 1. The van der Waals surface area contributed by atoms with Crippen molar-refractivity contribution >= 4 is 17.6 Å². The summed E-state index contributed by atoms with van der Waals surface area (Å²) in [7, 11) is 1.60. The van der Waals surface area contributed by atoms with Crippen LogP contribution in [0, 0.1) is 0 Å². The van der Waals surface area contributed by atoms with Gasteiger partial charge in [0.1, 0.15) is 11.0 Å². The number of carbonyl (C=O) groups is 1. The van der Waals surface area contributed by atoms with Crippen molar-refractivity contribution in [2.45, 2.75) is 12.6 Å². The summed E-state index contributed by atoms with van der Waals surface area (Å²) in [5, 5.41) is 8.65. The summed E-state index contributed by atoms with van der Waals surface area (Å²) in [4.78, 5) is 13.9. The van der Waals surface area contributed by atoms with Gasteiger partial charge in [-0.05, 0) is 0 Å². The average molecular weight is 207 g/mol. The van der Waals surface area contributed by atoms with Gasteiger partial charge in [0.25, 0.3) is 0 Å². The number of hydrogen-bond donors (Lipinski definition) is 1. The molecule has 1 heterocycles. The average Bonchev–Trinajstić information content (AvgIpc) is 2.36. The molecule has 0 aliphatic carbocycles. The normalized spacial score (nSPS) is 12.8. The van der Waals surface area contributed by atoms with Crippen LogP contribution in [0.4, 0.5) is 4.39 Å². The predicted octanol–water partition coefficient (Wildman–Crippen LogP) is 1.04. The van der Waals surface area contributed by atoms with Gasteiger partial charge in [-0.3, -0.25) is 0 Å². The highest BCUT2D eigenvalue weighted by atomic mass is 35.5. The SMILES string of the molecule is Cn1c(Cl)cnc1CC(F)C(=O)O. The number of rotatable bonds is 3. The molecule has 0 saturated heterocycles. The third-order valence-electron chi connectivity index (χ3n) is 1.66. The zero-order chi connectivity index (χ0) is 10.0. The van der Waals surface area contributed by atoms with E-state index >= 15 is 0 Å². The molecule has 0 saturated carbocycles. The number of nitrogens with zero attached hydrogens (tertiary/aromatic N) is 2. The van der Waals surface area contributed by atoms with E-state index in [4.69, 9.17) is 16.7 Å². The van der Waals surface area contributed by atoms with Crippen LogP contribution < -0.4 is 0 Å². The fourth-order valence-electron chi connectivity index (χ4n) is 0.862. The van der Waals surface area contributed by atoms with E-state index in [0.717, 1.165) is 0 Å². The Bertz CT molecular complexity index is 326. The van der Waals surface area contributed by atoms with Crippen LogP contribution in [0.5, 0.6) is 0 Å². The van der Waals surface area contributed by atoms with E-state index in [1.54, 1.807) is 7.05 Å². The van der Waals surface area contributed by atoms with Gasteiger partial charge >= 0.3 is 5.97 Å². The molecule has 1 N–H and O–H groups in total. The van der Waals surface area contributed by atoms with Gasteiger partial charge < -0.3 is 9.67 Å². The highest BCUT2D eigenvalue weighted by molar-refractivity contribution is 6.29. The van der Waals surface area contributed by atoms with Gasteiger partial charge in [-0.2, -0.15) is 0 Å². The van der Waals surface area contributed by atoms with Gasteiger partial charge in [0.2, 0.25) is 6.17 Å². The van der Waals surface area contributed by atoms with Crippen molar-refractivity contribution in [2.75, 3.05) is 0 Å². The van der Waals surface area contributed by atoms with Crippen molar-refractivity contribution < 1.29 is 14.3 Å². The largest absolute Gasteiger partial charge is 0.479 e. The highest BCUT2D eigenvalue weighted by Crippen LogP contribution is 2.11. The predicted molar refractivity (Wildman–Crippen MR) is 44.5 cm³/mol. The third kappa shape index (κ3) is 2.18. The van der Waals surface area contributed by atoms with Gasteiger partial charge in [-0.1, -0.05) is 11.6 Å². The molecule has 6 heteroatoms. The summed E-state index contributed by atoms with van der Waals surface area (Å²) >= 11 is 5.62. The minimum absolute atomic E-state index is 0.265. The molecular weight excluding hydrogens is 199 g/mol. The van der Waals surface area contributed by atoms with E-state index in [-0.39, 0.29) is 6.42 Å². The molecule has 0 radical (unpaired) electrons. The standard InChI is InChI=1S/C7H8ClFN2O2/c1-11-5(8)3-10-6(11)2-4(9)7(12)13/h3-4H,2H2,1H3,(H,12,13). The van der Waals surface area contributed by atoms with Crippen molar-refractivity contribution in [1.29, 1.82) is 0 Å². The number of aromatic nitrogens is 2. The van der Waals surface area contributed by atoms with Gasteiger partial charge in [0, 0.05) is 13.5 Å². The molecule has 13 heavy (non-hydrogen) atoms. The first-order valence-corrected chi connectivity index (χ1v) is 3.93. The highest BCUT2D eigenvalue weighted by Gasteiger charge is 2.19. The second-order valence-corrected chi connectivity index (χ2v) is 2.95. The van der Waals surface area contributed by atoms with E-state index in [2.05, 4.69) is 4.98 Å². The number of carboxylic acid groups (broad SMARTS) is 1. The lowest BCUT2D eigenvalue weighted by atomic mass is 10.2. The molecule has 1 unspecified atom stereocenters. The second-order valence-electron chi connectivity index (χ2n) is 2.57. The maximum atomic E-state index is 12.7. The van der Waals surface area contributed by atoms with E-state index in [1.807, 2.05) is 0 Å². The molecule has 0 fully saturated rings. The smallest absolute Gasteiger partial charge is 0.338 e. The first-order valence-electron chi connectivity index (χ1n) is 3.55. The Morgan fingerprint density at radius 3 is 2.92 bits per heavy atom. The Morgan fingerprint density at radius 1 is 1.92 bits per heavy atom.